The molecule has 0 aliphatic rings. The summed E-state index contributed by atoms with van der Waals surface area (Å²) in [7, 11) is 1.38. The van der Waals surface area contributed by atoms with Crippen molar-refractivity contribution >= 4 is 17.6 Å². The average molecular weight is 285 g/mol. The number of hydrogen-bond acceptors (Lipinski definition) is 3. The van der Waals surface area contributed by atoms with E-state index in [0.29, 0.717) is 11.3 Å². The number of amides is 1. The highest BCUT2D eigenvalue weighted by atomic mass is 16.5. The summed E-state index contributed by atoms with van der Waals surface area (Å²) in [5.74, 6) is -1.13. The summed E-state index contributed by atoms with van der Waals surface area (Å²) >= 11 is 0. The van der Waals surface area contributed by atoms with Crippen LogP contribution in [0.4, 0.5) is 5.69 Å². The third-order valence-corrected chi connectivity index (χ3v) is 3.08. The van der Waals surface area contributed by atoms with Gasteiger partial charge in [-0.05, 0) is 30.7 Å². The molecule has 2 aromatic rings. The van der Waals surface area contributed by atoms with Crippen LogP contribution in [-0.4, -0.2) is 24.1 Å². The largest absolute Gasteiger partial charge is 0.496 e. The maximum atomic E-state index is 12.2. The molecule has 0 unspecified atom stereocenters. The minimum atomic E-state index is -1.08. The molecule has 5 heteroatoms. The summed E-state index contributed by atoms with van der Waals surface area (Å²) in [5.41, 5.74) is 1.96. The van der Waals surface area contributed by atoms with Crippen molar-refractivity contribution in [1.82, 2.24) is 0 Å². The lowest BCUT2D eigenvalue weighted by molar-refractivity contribution is 0.0693. The topological polar surface area (TPSA) is 75.6 Å². The first-order valence-corrected chi connectivity index (χ1v) is 6.31. The Balaban J connectivity index is 2.26. The Morgan fingerprint density at radius 1 is 1.10 bits per heavy atom. The number of nitrogens with one attached hydrogen (secondary N) is 1. The van der Waals surface area contributed by atoms with E-state index in [2.05, 4.69) is 5.32 Å². The van der Waals surface area contributed by atoms with Gasteiger partial charge in [-0.2, -0.15) is 0 Å². The number of aryl methyl sites for hydroxylation is 1. The lowest BCUT2D eigenvalue weighted by atomic mass is 10.1. The van der Waals surface area contributed by atoms with Gasteiger partial charge in [-0.1, -0.05) is 18.2 Å². The van der Waals surface area contributed by atoms with Gasteiger partial charge >= 0.3 is 5.97 Å². The van der Waals surface area contributed by atoms with E-state index in [4.69, 9.17) is 9.84 Å². The second-order valence-corrected chi connectivity index (χ2v) is 4.49. The number of hydrogen-bond donors (Lipinski definition) is 2. The molecule has 0 atom stereocenters. The molecule has 0 radical (unpaired) electrons. The van der Waals surface area contributed by atoms with Crippen LogP contribution in [0.15, 0.2) is 42.5 Å². The van der Waals surface area contributed by atoms with Crippen LogP contribution in [-0.2, 0) is 0 Å². The van der Waals surface area contributed by atoms with Gasteiger partial charge in [0.2, 0.25) is 0 Å². The number of methoxy groups -OCH3 is 1. The highest BCUT2D eigenvalue weighted by molar-refractivity contribution is 6.05. The molecule has 0 heterocycles. The van der Waals surface area contributed by atoms with E-state index in [0.717, 1.165) is 5.56 Å². The number of carboxylic acid groups (broad SMARTS) is 1. The first-order valence-electron chi connectivity index (χ1n) is 6.31. The van der Waals surface area contributed by atoms with Gasteiger partial charge in [0.05, 0.1) is 7.11 Å². The quantitative estimate of drug-likeness (QED) is 0.905. The van der Waals surface area contributed by atoms with Crippen LogP contribution in [0.3, 0.4) is 0 Å². The highest BCUT2D eigenvalue weighted by Gasteiger charge is 2.13. The van der Waals surface area contributed by atoms with Crippen molar-refractivity contribution in [3.05, 3.63) is 59.2 Å². The average Bonchev–Trinajstić information content (AvgIpc) is 2.47. The molecule has 2 N–H and O–H groups in total. The third-order valence-electron chi connectivity index (χ3n) is 3.08. The molecule has 0 fully saturated rings. The Morgan fingerprint density at radius 3 is 2.43 bits per heavy atom. The van der Waals surface area contributed by atoms with Crippen molar-refractivity contribution in [3.63, 3.8) is 0 Å². The van der Waals surface area contributed by atoms with E-state index in [1.165, 1.54) is 25.3 Å². The number of aromatic carboxylic acids is 1. The first kappa shape index (κ1) is 14.6. The fourth-order valence-corrected chi connectivity index (χ4v) is 1.97. The molecule has 0 spiro atoms. The second-order valence-electron chi connectivity index (χ2n) is 4.49. The van der Waals surface area contributed by atoms with Gasteiger partial charge in [0.15, 0.2) is 0 Å². The number of carboxylic acids is 1. The van der Waals surface area contributed by atoms with Gasteiger partial charge in [0.25, 0.3) is 5.91 Å². The number of rotatable bonds is 4. The van der Waals surface area contributed by atoms with Crippen LogP contribution < -0.4 is 10.1 Å². The van der Waals surface area contributed by atoms with Crippen molar-refractivity contribution in [2.45, 2.75) is 6.92 Å². The minimum Gasteiger partial charge on any atom is -0.496 e. The molecule has 0 aliphatic carbocycles. The van der Waals surface area contributed by atoms with Gasteiger partial charge in [-0.25, -0.2) is 4.79 Å². The van der Waals surface area contributed by atoms with Crippen LogP contribution in [0.5, 0.6) is 5.75 Å². The van der Waals surface area contributed by atoms with E-state index in [1.807, 2.05) is 19.1 Å². The van der Waals surface area contributed by atoms with Gasteiger partial charge in [0, 0.05) is 17.3 Å². The number of carbonyl (C=O) groups is 2. The van der Waals surface area contributed by atoms with E-state index >= 15 is 0 Å². The maximum absolute atomic E-state index is 12.2. The molecular formula is C16H15NO4. The number of carbonyl (C=O) groups excluding carboxylic acids is 1. The SMILES string of the molecule is COc1cc(NC(=O)c2ccccc2C)ccc1C(=O)O. The zero-order valence-corrected chi connectivity index (χ0v) is 11.7. The first-order chi connectivity index (χ1) is 10.0. The predicted molar refractivity (Wildman–Crippen MR) is 79.1 cm³/mol. The van der Waals surface area contributed by atoms with Gasteiger partial charge in [-0.15, -0.1) is 0 Å². The predicted octanol–water partition coefficient (Wildman–Crippen LogP) is 2.95. The Hall–Kier alpha value is -2.82. The summed E-state index contributed by atoms with van der Waals surface area (Å²) in [6.07, 6.45) is 0. The van der Waals surface area contributed by atoms with Gasteiger partial charge in [0.1, 0.15) is 11.3 Å². The summed E-state index contributed by atoms with van der Waals surface area (Å²) < 4.78 is 5.03. The highest BCUT2D eigenvalue weighted by Crippen LogP contribution is 2.23. The smallest absolute Gasteiger partial charge is 0.339 e. The summed E-state index contributed by atoms with van der Waals surface area (Å²) in [5, 5.41) is 11.7. The molecule has 0 aliphatic heterocycles. The summed E-state index contributed by atoms with van der Waals surface area (Å²) in [6.45, 7) is 1.85. The summed E-state index contributed by atoms with van der Waals surface area (Å²) in [6, 6.07) is 11.6. The Morgan fingerprint density at radius 2 is 1.81 bits per heavy atom. The lowest BCUT2D eigenvalue weighted by Gasteiger charge is -2.10. The molecular weight excluding hydrogens is 270 g/mol. The molecule has 108 valence electrons. The fourth-order valence-electron chi connectivity index (χ4n) is 1.97. The van der Waals surface area contributed by atoms with E-state index < -0.39 is 5.97 Å². The zero-order valence-electron chi connectivity index (χ0n) is 11.7. The lowest BCUT2D eigenvalue weighted by Crippen LogP contribution is -2.13. The van der Waals surface area contributed by atoms with E-state index in [1.54, 1.807) is 12.1 Å². The van der Waals surface area contributed by atoms with Crippen molar-refractivity contribution in [3.8, 4) is 5.75 Å². The molecule has 5 nitrogen and oxygen atoms in total. The standard InChI is InChI=1S/C16H15NO4/c1-10-5-3-4-6-12(10)15(18)17-11-7-8-13(16(19)20)14(9-11)21-2/h3-9H,1-2H3,(H,17,18)(H,19,20). The minimum absolute atomic E-state index is 0.0476. The van der Waals surface area contributed by atoms with E-state index in [9.17, 15) is 9.59 Å². The van der Waals surface area contributed by atoms with Crippen LogP contribution >= 0.6 is 0 Å². The van der Waals surface area contributed by atoms with Crippen LogP contribution in [0.2, 0.25) is 0 Å². The number of ether oxygens (including phenoxy) is 1. The monoisotopic (exact) mass is 285 g/mol. The third kappa shape index (κ3) is 3.20. The molecule has 21 heavy (non-hydrogen) atoms. The van der Waals surface area contributed by atoms with Gasteiger partial charge < -0.3 is 15.2 Å². The second kappa shape index (κ2) is 6.09. The molecule has 1 amide bonds. The Bertz CT molecular complexity index is 694. The normalized spacial score (nSPS) is 10.0. The fraction of sp³-hybridized carbons (Fsp3) is 0.125. The van der Waals surface area contributed by atoms with Crippen LogP contribution in [0.1, 0.15) is 26.3 Å². The maximum Gasteiger partial charge on any atom is 0.339 e. The summed E-state index contributed by atoms with van der Waals surface area (Å²) in [4.78, 5) is 23.2. The number of anilines is 1. The van der Waals surface area contributed by atoms with Crippen molar-refractivity contribution in [1.29, 1.82) is 0 Å². The van der Waals surface area contributed by atoms with Gasteiger partial charge in [-0.3, -0.25) is 4.79 Å². The Kier molecular flexibility index (Phi) is 4.23. The van der Waals surface area contributed by atoms with Crippen LogP contribution in [0.25, 0.3) is 0 Å². The molecule has 2 rings (SSSR count). The zero-order chi connectivity index (χ0) is 15.4. The van der Waals surface area contributed by atoms with E-state index in [-0.39, 0.29) is 17.2 Å². The molecule has 0 saturated carbocycles. The van der Waals surface area contributed by atoms with Crippen molar-refractivity contribution in [2.75, 3.05) is 12.4 Å². The van der Waals surface area contributed by atoms with Crippen LogP contribution in [0, 0.1) is 6.92 Å². The van der Waals surface area contributed by atoms with Crippen molar-refractivity contribution < 1.29 is 19.4 Å². The molecule has 0 aromatic heterocycles. The van der Waals surface area contributed by atoms with Crippen molar-refractivity contribution in [2.24, 2.45) is 0 Å². The molecule has 0 bridgehead atoms. The molecule has 2 aromatic carbocycles. The number of benzene rings is 2. The molecule has 0 saturated heterocycles. The Labute approximate surface area is 122 Å².